The quantitative estimate of drug-likeness (QED) is 0.867. The van der Waals surface area contributed by atoms with Crippen molar-refractivity contribution in [1.82, 2.24) is 9.97 Å². The fourth-order valence-electron chi connectivity index (χ4n) is 1.54. The van der Waals surface area contributed by atoms with Crippen LogP contribution >= 0.6 is 27.5 Å². The van der Waals surface area contributed by atoms with Crippen molar-refractivity contribution in [3.63, 3.8) is 0 Å². The summed E-state index contributed by atoms with van der Waals surface area (Å²) >= 11 is 9.17. The Morgan fingerprint density at radius 3 is 2.95 bits per heavy atom. The molecule has 0 spiro atoms. The van der Waals surface area contributed by atoms with Gasteiger partial charge in [0.1, 0.15) is 9.76 Å². The van der Waals surface area contributed by atoms with Crippen LogP contribution in [0.15, 0.2) is 35.1 Å². The van der Waals surface area contributed by atoms with E-state index in [0.29, 0.717) is 21.0 Å². The number of carbonyl (C=O) groups is 1. The summed E-state index contributed by atoms with van der Waals surface area (Å²) in [6.07, 6.45) is 2.36. The molecule has 0 unspecified atom stereocenters. The highest BCUT2D eigenvalue weighted by Crippen LogP contribution is 2.20. The number of halogens is 2. The summed E-state index contributed by atoms with van der Waals surface area (Å²) in [5.41, 5.74) is 1.87. The molecule has 2 rings (SSSR count). The van der Waals surface area contributed by atoms with E-state index >= 15 is 0 Å². The maximum atomic E-state index is 12.1. The van der Waals surface area contributed by atoms with Gasteiger partial charge in [0.15, 0.2) is 0 Å². The number of anilines is 1. The third kappa shape index (κ3) is 3.52. The van der Waals surface area contributed by atoms with Gasteiger partial charge < -0.3 is 5.32 Å². The van der Waals surface area contributed by atoms with E-state index in [2.05, 4.69) is 31.2 Å². The summed E-state index contributed by atoms with van der Waals surface area (Å²) in [6, 6.07) is 6.78. The van der Waals surface area contributed by atoms with Crippen LogP contribution in [0.4, 0.5) is 5.69 Å². The predicted molar refractivity (Wildman–Crippen MR) is 78.5 cm³/mol. The van der Waals surface area contributed by atoms with Crippen LogP contribution < -0.4 is 5.32 Å². The molecular formula is C13H11BrClN3O. The maximum Gasteiger partial charge on any atom is 0.255 e. The Balaban J connectivity index is 2.25. The molecule has 0 aromatic carbocycles. The molecule has 4 nitrogen and oxygen atoms in total. The lowest BCUT2D eigenvalue weighted by molar-refractivity contribution is 0.102. The Bertz CT molecular complexity index is 619. The average molecular weight is 341 g/mol. The van der Waals surface area contributed by atoms with E-state index in [9.17, 15) is 4.79 Å². The number of hydrogen-bond donors (Lipinski definition) is 1. The van der Waals surface area contributed by atoms with Gasteiger partial charge in [-0.2, -0.15) is 0 Å². The highest BCUT2D eigenvalue weighted by Gasteiger charge is 2.11. The second-order valence-electron chi connectivity index (χ2n) is 3.82. The molecule has 0 aliphatic rings. The number of amides is 1. The van der Waals surface area contributed by atoms with Gasteiger partial charge in [0.05, 0.1) is 5.69 Å². The number of nitrogens with zero attached hydrogens (tertiary/aromatic N) is 2. The first kappa shape index (κ1) is 14.0. The molecule has 0 saturated heterocycles. The van der Waals surface area contributed by atoms with Crippen LogP contribution in [-0.4, -0.2) is 15.9 Å². The van der Waals surface area contributed by atoms with E-state index in [1.807, 2.05) is 6.92 Å². The molecule has 0 aliphatic heterocycles. The first-order valence-electron chi connectivity index (χ1n) is 5.68. The molecule has 2 heterocycles. The second-order valence-corrected chi connectivity index (χ2v) is 4.96. The highest BCUT2D eigenvalue weighted by atomic mass is 79.9. The van der Waals surface area contributed by atoms with Crippen LogP contribution in [0.1, 0.15) is 23.0 Å². The first-order valence-corrected chi connectivity index (χ1v) is 6.85. The van der Waals surface area contributed by atoms with Crippen molar-refractivity contribution in [2.24, 2.45) is 0 Å². The van der Waals surface area contributed by atoms with Crippen molar-refractivity contribution >= 4 is 39.1 Å². The van der Waals surface area contributed by atoms with E-state index in [-0.39, 0.29) is 5.91 Å². The zero-order chi connectivity index (χ0) is 13.8. The van der Waals surface area contributed by atoms with E-state index in [4.69, 9.17) is 11.6 Å². The minimum Gasteiger partial charge on any atom is -0.320 e. The van der Waals surface area contributed by atoms with Crippen LogP contribution in [0.5, 0.6) is 0 Å². The van der Waals surface area contributed by atoms with Crippen molar-refractivity contribution < 1.29 is 4.79 Å². The van der Waals surface area contributed by atoms with E-state index in [1.54, 1.807) is 30.5 Å². The molecule has 0 bridgehead atoms. The fraction of sp³-hybridized carbons (Fsp3) is 0.154. The van der Waals surface area contributed by atoms with Gasteiger partial charge in [-0.05, 0) is 46.6 Å². The van der Waals surface area contributed by atoms with E-state index < -0.39 is 0 Å². The lowest BCUT2D eigenvalue weighted by Gasteiger charge is -2.07. The second kappa shape index (κ2) is 6.12. The van der Waals surface area contributed by atoms with Crippen LogP contribution in [0.3, 0.4) is 0 Å². The minimum absolute atomic E-state index is 0.243. The Hall–Kier alpha value is -1.46. The standard InChI is InChI=1S/C13H11BrClN3O/c1-2-9-6-8(7-11(15)17-9)13(19)18-10-4-3-5-16-12(10)14/h3-7H,2H2,1H3,(H,18,19). The van der Waals surface area contributed by atoms with Gasteiger partial charge in [-0.3, -0.25) is 4.79 Å². The highest BCUT2D eigenvalue weighted by molar-refractivity contribution is 9.10. The molecule has 19 heavy (non-hydrogen) atoms. The maximum absolute atomic E-state index is 12.1. The third-order valence-electron chi connectivity index (χ3n) is 2.48. The third-order valence-corrected chi connectivity index (χ3v) is 3.30. The van der Waals surface area contributed by atoms with Crippen LogP contribution in [0.2, 0.25) is 5.15 Å². The molecule has 0 aliphatic carbocycles. The number of rotatable bonds is 3. The molecule has 1 amide bonds. The van der Waals surface area contributed by atoms with E-state index in [1.165, 1.54) is 0 Å². The summed E-state index contributed by atoms with van der Waals surface area (Å²) < 4.78 is 0.583. The zero-order valence-corrected chi connectivity index (χ0v) is 12.5. The van der Waals surface area contributed by atoms with Gasteiger partial charge >= 0.3 is 0 Å². The van der Waals surface area contributed by atoms with Gasteiger partial charge in [-0.1, -0.05) is 18.5 Å². The fourth-order valence-corrected chi connectivity index (χ4v) is 2.11. The number of aromatic nitrogens is 2. The smallest absolute Gasteiger partial charge is 0.255 e. The number of nitrogens with one attached hydrogen (secondary N) is 1. The molecule has 2 aromatic heterocycles. The Kier molecular flexibility index (Phi) is 4.50. The molecule has 0 saturated carbocycles. The Morgan fingerprint density at radius 2 is 2.26 bits per heavy atom. The van der Waals surface area contributed by atoms with Crippen LogP contribution in [-0.2, 0) is 6.42 Å². The van der Waals surface area contributed by atoms with Gasteiger partial charge in [0.25, 0.3) is 5.91 Å². The minimum atomic E-state index is -0.243. The molecule has 2 aromatic rings. The lowest BCUT2D eigenvalue weighted by atomic mass is 10.2. The summed E-state index contributed by atoms with van der Waals surface area (Å²) in [4.78, 5) is 20.3. The van der Waals surface area contributed by atoms with Crippen molar-refractivity contribution in [3.05, 3.63) is 51.5 Å². The number of pyridine rings is 2. The van der Waals surface area contributed by atoms with Gasteiger partial charge in [-0.25, -0.2) is 9.97 Å². The predicted octanol–water partition coefficient (Wildman–Crippen LogP) is 3.71. The number of carbonyl (C=O) groups excluding carboxylic acids is 1. The largest absolute Gasteiger partial charge is 0.320 e. The summed E-state index contributed by atoms with van der Waals surface area (Å²) in [5, 5.41) is 3.08. The molecular weight excluding hydrogens is 330 g/mol. The normalized spacial score (nSPS) is 10.3. The molecule has 6 heteroatoms. The Morgan fingerprint density at radius 1 is 1.47 bits per heavy atom. The van der Waals surface area contributed by atoms with Gasteiger partial charge in [0, 0.05) is 17.5 Å². The average Bonchev–Trinajstić information content (AvgIpc) is 2.40. The van der Waals surface area contributed by atoms with Gasteiger partial charge in [0.2, 0.25) is 0 Å². The number of hydrogen-bond acceptors (Lipinski definition) is 3. The number of aryl methyl sites for hydroxylation is 1. The van der Waals surface area contributed by atoms with E-state index in [0.717, 1.165) is 12.1 Å². The Labute approximate surface area is 124 Å². The van der Waals surface area contributed by atoms with Crippen molar-refractivity contribution in [2.45, 2.75) is 13.3 Å². The SMILES string of the molecule is CCc1cc(C(=O)Nc2cccnc2Br)cc(Cl)n1. The summed E-state index contributed by atoms with van der Waals surface area (Å²) in [5.74, 6) is -0.243. The van der Waals surface area contributed by atoms with Crippen molar-refractivity contribution in [2.75, 3.05) is 5.32 Å². The van der Waals surface area contributed by atoms with Crippen LogP contribution in [0.25, 0.3) is 0 Å². The lowest BCUT2D eigenvalue weighted by Crippen LogP contribution is -2.13. The summed E-state index contributed by atoms with van der Waals surface area (Å²) in [7, 11) is 0. The monoisotopic (exact) mass is 339 g/mol. The summed E-state index contributed by atoms with van der Waals surface area (Å²) in [6.45, 7) is 1.96. The van der Waals surface area contributed by atoms with Gasteiger partial charge in [-0.15, -0.1) is 0 Å². The molecule has 1 N–H and O–H groups in total. The first-order chi connectivity index (χ1) is 9.10. The van der Waals surface area contributed by atoms with Crippen molar-refractivity contribution in [3.8, 4) is 0 Å². The molecule has 98 valence electrons. The zero-order valence-electron chi connectivity index (χ0n) is 10.2. The topological polar surface area (TPSA) is 54.9 Å². The molecule has 0 radical (unpaired) electrons. The van der Waals surface area contributed by atoms with Crippen molar-refractivity contribution in [1.29, 1.82) is 0 Å². The molecule has 0 atom stereocenters. The molecule has 0 fully saturated rings. The van der Waals surface area contributed by atoms with Crippen LogP contribution in [0, 0.1) is 0 Å².